The van der Waals surface area contributed by atoms with Crippen molar-refractivity contribution in [1.82, 2.24) is 4.98 Å². The number of aliphatic hydroxyl groups is 1. The molecule has 4 heteroatoms. The fourth-order valence-electron chi connectivity index (χ4n) is 2.08. The summed E-state index contributed by atoms with van der Waals surface area (Å²) in [6.07, 6.45) is 1.68. The Kier molecular flexibility index (Phi) is 3.12. The van der Waals surface area contributed by atoms with Gasteiger partial charge < -0.3 is 5.11 Å². The first-order valence-electron chi connectivity index (χ1n) is 6.43. The molecule has 0 bridgehead atoms. The van der Waals surface area contributed by atoms with E-state index in [1.54, 1.807) is 20.0 Å². The lowest BCUT2D eigenvalue weighted by molar-refractivity contribution is -0.119. The lowest BCUT2D eigenvalue weighted by atomic mass is 9.88. The summed E-state index contributed by atoms with van der Waals surface area (Å²) in [5.74, 6) is 0.0725. The quantitative estimate of drug-likeness (QED) is 0.844. The molecular formula is C15H20N2O2. The summed E-state index contributed by atoms with van der Waals surface area (Å²) in [5.41, 5.74) is 1.74. The Labute approximate surface area is 113 Å². The van der Waals surface area contributed by atoms with Gasteiger partial charge in [-0.1, -0.05) is 20.8 Å². The molecule has 0 saturated heterocycles. The van der Waals surface area contributed by atoms with Gasteiger partial charge in [-0.3, -0.25) is 4.79 Å². The second-order valence-corrected chi connectivity index (χ2v) is 6.05. The zero-order valence-electron chi connectivity index (χ0n) is 12.1. The molecule has 1 aliphatic heterocycles. The molecule has 1 atom stereocenters. The van der Waals surface area contributed by atoms with Crippen LogP contribution in [0.4, 0.5) is 5.82 Å². The molecule has 1 amide bonds. The Hall–Kier alpha value is -1.84. The fourth-order valence-corrected chi connectivity index (χ4v) is 2.08. The number of carbonyl (C=O) groups excluding carboxylic acids is 1. The van der Waals surface area contributed by atoms with Crippen LogP contribution in [0.1, 0.15) is 40.2 Å². The number of hydrogen-bond donors (Lipinski definition) is 1. The van der Waals surface area contributed by atoms with Gasteiger partial charge >= 0.3 is 0 Å². The van der Waals surface area contributed by atoms with Crippen LogP contribution < -0.4 is 4.90 Å². The van der Waals surface area contributed by atoms with Gasteiger partial charge in [0.25, 0.3) is 0 Å². The SMILES string of the molecule is CC1=C(O)N(c2cc(C(C)(C)C)ccn2)C(=O)C1C. The summed E-state index contributed by atoms with van der Waals surface area (Å²) in [6, 6.07) is 3.79. The molecule has 2 rings (SSSR count). The molecule has 1 N–H and O–H groups in total. The van der Waals surface area contributed by atoms with Gasteiger partial charge in [-0.15, -0.1) is 0 Å². The number of hydrogen-bond acceptors (Lipinski definition) is 3. The summed E-state index contributed by atoms with van der Waals surface area (Å²) in [5, 5.41) is 10.1. The standard InChI is InChI=1S/C15H20N2O2/c1-9-10(2)14(19)17(13(9)18)12-8-11(6-7-16-12)15(3,4)5/h6-9,19H,1-5H3. The molecule has 1 aromatic rings. The number of carbonyl (C=O) groups is 1. The molecule has 2 heterocycles. The van der Waals surface area contributed by atoms with Crippen molar-refractivity contribution in [3.8, 4) is 0 Å². The topological polar surface area (TPSA) is 53.4 Å². The van der Waals surface area contributed by atoms with Gasteiger partial charge in [0.05, 0.1) is 5.92 Å². The highest BCUT2D eigenvalue weighted by atomic mass is 16.3. The number of anilines is 1. The highest BCUT2D eigenvalue weighted by Crippen LogP contribution is 2.33. The second kappa shape index (κ2) is 4.37. The summed E-state index contributed by atoms with van der Waals surface area (Å²) in [7, 11) is 0. The van der Waals surface area contributed by atoms with E-state index in [4.69, 9.17) is 0 Å². The van der Waals surface area contributed by atoms with E-state index in [0.29, 0.717) is 11.4 Å². The van der Waals surface area contributed by atoms with Crippen molar-refractivity contribution in [2.75, 3.05) is 4.90 Å². The summed E-state index contributed by atoms with van der Waals surface area (Å²) in [6.45, 7) is 9.86. The Morgan fingerprint density at radius 3 is 2.47 bits per heavy atom. The van der Waals surface area contributed by atoms with E-state index in [1.165, 1.54) is 4.90 Å². The van der Waals surface area contributed by atoms with Crippen molar-refractivity contribution in [1.29, 1.82) is 0 Å². The predicted octanol–water partition coefficient (Wildman–Crippen LogP) is 3.15. The molecule has 0 saturated carbocycles. The molecule has 4 nitrogen and oxygen atoms in total. The molecule has 0 fully saturated rings. The van der Waals surface area contributed by atoms with Gasteiger partial charge in [0.2, 0.25) is 5.91 Å². The smallest absolute Gasteiger partial charge is 0.242 e. The average molecular weight is 260 g/mol. The van der Waals surface area contributed by atoms with Crippen molar-refractivity contribution in [3.05, 3.63) is 35.3 Å². The van der Waals surface area contributed by atoms with Gasteiger partial charge in [0, 0.05) is 6.20 Å². The molecule has 1 aromatic heterocycles. The zero-order valence-corrected chi connectivity index (χ0v) is 12.1. The molecule has 19 heavy (non-hydrogen) atoms. The first-order valence-corrected chi connectivity index (χ1v) is 6.43. The third kappa shape index (κ3) is 2.23. The molecule has 0 radical (unpaired) electrons. The minimum Gasteiger partial charge on any atom is -0.494 e. The number of amides is 1. The molecule has 0 aliphatic carbocycles. The highest BCUT2D eigenvalue weighted by Gasteiger charge is 2.36. The number of aromatic nitrogens is 1. The molecule has 102 valence electrons. The number of rotatable bonds is 1. The summed E-state index contributed by atoms with van der Waals surface area (Å²) in [4.78, 5) is 17.7. The van der Waals surface area contributed by atoms with E-state index in [-0.39, 0.29) is 23.1 Å². The van der Waals surface area contributed by atoms with Crippen LogP contribution in [-0.4, -0.2) is 16.0 Å². The Morgan fingerprint density at radius 2 is 2.00 bits per heavy atom. The zero-order chi connectivity index (χ0) is 14.4. The van der Waals surface area contributed by atoms with Crippen molar-refractivity contribution >= 4 is 11.7 Å². The summed E-state index contributed by atoms with van der Waals surface area (Å²) < 4.78 is 0. The molecular weight excluding hydrogens is 240 g/mol. The van der Waals surface area contributed by atoms with E-state index in [2.05, 4.69) is 25.8 Å². The third-order valence-corrected chi connectivity index (χ3v) is 3.65. The van der Waals surface area contributed by atoms with Crippen LogP contribution >= 0.6 is 0 Å². The van der Waals surface area contributed by atoms with E-state index in [0.717, 1.165) is 5.56 Å². The number of pyridine rings is 1. The normalized spacial score (nSPS) is 20.4. The van der Waals surface area contributed by atoms with E-state index < -0.39 is 0 Å². The Morgan fingerprint density at radius 1 is 1.37 bits per heavy atom. The van der Waals surface area contributed by atoms with Crippen molar-refractivity contribution < 1.29 is 9.90 Å². The minimum absolute atomic E-state index is 0.0102. The minimum atomic E-state index is -0.292. The van der Waals surface area contributed by atoms with Gasteiger partial charge in [-0.2, -0.15) is 0 Å². The molecule has 1 unspecified atom stereocenters. The molecule has 0 spiro atoms. The Bertz CT molecular complexity index is 556. The first-order chi connectivity index (χ1) is 8.73. The predicted molar refractivity (Wildman–Crippen MR) is 74.9 cm³/mol. The maximum atomic E-state index is 12.2. The van der Waals surface area contributed by atoms with Crippen molar-refractivity contribution in [2.45, 2.75) is 40.0 Å². The maximum absolute atomic E-state index is 12.2. The lowest BCUT2D eigenvalue weighted by Crippen LogP contribution is -2.29. The monoisotopic (exact) mass is 260 g/mol. The fraction of sp³-hybridized carbons (Fsp3) is 0.467. The summed E-state index contributed by atoms with van der Waals surface area (Å²) >= 11 is 0. The van der Waals surface area contributed by atoms with Crippen LogP contribution in [0.2, 0.25) is 0 Å². The lowest BCUT2D eigenvalue weighted by Gasteiger charge is -2.22. The Balaban J connectivity index is 2.47. The maximum Gasteiger partial charge on any atom is 0.242 e. The molecule has 1 aliphatic rings. The number of nitrogens with zero attached hydrogens (tertiary/aromatic N) is 2. The van der Waals surface area contributed by atoms with Gasteiger partial charge in [-0.05, 0) is 42.5 Å². The van der Waals surface area contributed by atoms with Crippen LogP contribution in [0.15, 0.2) is 29.8 Å². The van der Waals surface area contributed by atoms with Gasteiger partial charge in [0.1, 0.15) is 5.82 Å². The molecule has 0 aromatic carbocycles. The largest absolute Gasteiger partial charge is 0.494 e. The van der Waals surface area contributed by atoms with Crippen LogP contribution in [0.5, 0.6) is 0 Å². The third-order valence-electron chi connectivity index (χ3n) is 3.65. The average Bonchev–Trinajstić information content (AvgIpc) is 2.53. The van der Waals surface area contributed by atoms with E-state index in [9.17, 15) is 9.90 Å². The van der Waals surface area contributed by atoms with Crippen LogP contribution in [-0.2, 0) is 10.2 Å². The van der Waals surface area contributed by atoms with Gasteiger partial charge in [-0.25, -0.2) is 9.88 Å². The van der Waals surface area contributed by atoms with Crippen molar-refractivity contribution in [3.63, 3.8) is 0 Å². The van der Waals surface area contributed by atoms with Gasteiger partial charge in [0.15, 0.2) is 5.88 Å². The highest BCUT2D eigenvalue weighted by molar-refractivity contribution is 6.01. The van der Waals surface area contributed by atoms with Crippen molar-refractivity contribution in [2.24, 2.45) is 5.92 Å². The van der Waals surface area contributed by atoms with E-state index in [1.807, 2.05) is 12.1 Å². The van der Waals surface area contributed by atoms with Crippen LogP contribution in [0, 0.1) is 5.92 Å². The number of aliphatic hydroxyl groups excluding tert-OH is 1. The second-order valence-electron chi connectivity index (χ2n) is 6.05. The van der Waals surface area contributed by atoms with E-state index >= 15 is 0 Å². The first kappa shape index (κ1) is 13.6. The van der Waals surface area contributed by atoms with Crippen LogP contribution in [0.3, 0.4) is 0 Å². The van der Waals surface area contributed by atoms with Crippen LogP contribution in [0.25, 0.3) is 0 Å².